The lowest BCUT2D eigenvalue weighted by Crippen LogP contribution is -2.32. The van der Waals surface area contributed by atoms with Crippen LogP contribution in [-0.2, 0) is 11.3 Å². The summed E-state index contributed by atoms with van der Waals surface area (Å²) in [5.41, 5.74) is 1.54. The molecule has 0 spiro atoms. The molecule has 130 valence electrons. The molecule has 2 rings (SSSR count). The average Bonchev–Trinajstić information content (AvgIpc) is 2.91. The maximum absolute atomic E-state index is 11.0. The molecule has 2 N–H and O–H groups in total. The predicted octanol–water partition coefficient (Wildman–Crippen LogP) is 1.81. The number of benzene rings is 1. The second-order valence-corrected chi connectivity index (χ2v) is 5.80. The smallest absolute Gasteiger partial charge is 0.221 e. The fourth-order valence-corrected chi connectivity index (χ4v) is 2.28. The van der Waals surface area contributed by atoms with Gasteiger partial charge in [-0.15, -0.1) is 0 Å². The number of aliphatic hydroxyl groups excluding tert-OH is 1. The zero-order chi connectivity index (χ0) is 17.5. The van der Waals surface area contributed by atoms with E-state index in [4.69, 9.17) is 9.26 Å². The average molecular weight is 333 g/mol. The van der Waals surface area contributed by atoms with Crippen molar-refractivity contribution in [1.29, 1.82) is 0 Å². The highest BCUT2D eigenvalue weighted by atomic mass is 16.5. The van der Waals surface area contributed by atoms with Crippen LogP contribution in [0, 0.1) is 6.92 Å². The molecule has 1 heterocycles. The largest absolute Gasteiger partial charge is 0.491 e. The van der Waals surface area contributed by atoms with Crippen LogP contribution in [0.25, 0.3) is 0 Å². The van der Waals surface area contributed by atoms with E-state index in [9.17, 15) is 9.90 Å². The van der Waals surface area contributed by atoms with Gasteiger partial charge in [0.25, 0.3) is 0 Å². The SMILES string of the molecule is CC(=O)Nc1ccc(OCC(O)CN(C)Cc2cc(C)on2)cc1. The Balaban J connectivity index is 1.73. The highest BCUT2D eigenvalue weighted by Crippen LogP contribution is 2.16. The first kappa shape index (κ1) is 18.0. The Morgan fingerprint density at radius 2 is 2.12 bits per heavy atom. The molecule has 0 saturated carbocycles. The van der Waals surface area contributed by atoms with Crippen LogP contribution in [0.2, 0.25) is 0 Å². The molecule has 1 amide bonds. The summed E-state index contributed by atoms with van der Waals surface area (Å²) in [5, 5.41) is 16.7. The van der Waals surface area contributed by atoms with Crippen LogP contribution in [-0.4, -0.2) is 47.4 Å². The van der Waals surface area contributed by atoms with Crippen LogP contribution in [0.3, 0.4) is 0 Å². The number of ether oxygens (including phenoxy) is 1. The molecule has 1 unspecified atom stereocenters. The van der Waals surface area contributed by atoms with Crippen molar-refractivity contribution < 1.29 is 19.2 Å². The van der Waals surface area contributed by atoms with Gasteiger partial charge < -0.3 is 19.7 Å². The van der Waals surface area contributed by atoms with Crippen molar-refractivity contribution in [3.05, 3.63) is 41.8 Å². The third kappa shape index (κ3) is 6.02. The van der Waals surface area contributed by atoms with Crippen molar-refractivity contribution in [2.24, 2.45) is 0 Å². The van der Waals surface area contributed by atoms with Crippen molar-refractivity contribution in [2.75, 3.05) is 25.5 Å². The zero-order valence-corrected chi connectivity index (χ0v) is 14.2. The van der Waals surface area contributed by atoms with E-state index >= 15 is 0 Å². The molecule has 0 bridgehead atoms. The van der Waals surface area contributed by atoms with Gasteiger partial charge in [0.15, 0.2) is 0 Å². The Hall–Kier alpha value is -2.38. The number of nitrogens with one attached hydrogen (secondary N) is 1. The van der Waals surface area contributed by atoms with Crippen LogP contribution in [0.4, 0.5) is 5.69 Å². The summed E-state index contributed by atoms with van der Waals surface area (Å²) in [4.78, 5) is 12.9. The molecule has 0 fully saturated rings. The molecule has 1 aromatic carbocycles. The summed E-state index contributed by atoms with van der Waals surface area (Å²) in [6.07, 6.45) is -0.627. The molecular weight excluding hydrogens is 310 g/mol. The Bertz CT molecular complexity index is 654. The summed E-state index contributed by atoms with van der Waals surface area (Å²) in [7, 11) is 1.90. The monoisotopic (exact) mass is 333 g/mol. The van der Waals surface area contributed by atoms with Gasteiger partial charge in [0.05, 0.1) is 5.69 Å². The first-order valence-electron chi connectivity index (χ1n) is 7.71. The van der Waals surface area contributed by atoms with E-state index in [0.29, 0.717) is 24.5 Å². The summed E-state index contributed by atoms with van der Waals surface area (Å²) in [5.74, 6) is 1.28. The minimum Gasteiger partial charge on any atom is -0.491 e. The Labute approximate surface area is 141 Å². The molecule has 0 aliphatic heterocycles. The van der Waals surface area contributed by atoms with Crippen molar-refractivity contribution in [3.63, 3.8) is 0 Å². The van der Waals surface area contributed by atoms with Crippen molar-refractivity contribution in [2.45, 2.75) is 26.5 Å². The molecule has 1 atom stereocenters. The second-order valence-electron chi connectivity index (χ2n) is 5.80. The van der Waals surface area contributed by atoms with E-state index in [2.05, 4.69) is 10.5 Å². The van der Waals surface area contributed by atoms with E-state index in [1.165, 1.54) is 6.92 Å². The van der Waals surface area contributed by atoms with Crippen LogP contribution < -0.4 is 10.1 Å². The Morgan fingerprint density at radius 3 is 2.71 bits per heavy atom. The zero-order valence-electron chi connectivity index (χ0n) is 14.2. The van der Waals surface area contributed by atoms with Gasteiger partial charge in [0.1, 0.15) is 24.2 Å². The number of anilines is 1. The third-order valence-electron chi connectivity index (χ3n) is 3.25. The van der Waals surface area contributed by atoms with E-state index in [0.717, 1.165) is 11.5 Å². The van der Waals surface area contributed by atoms with Gasteiger partial charge in [-0.3, -0.25) is 9.69 Å². The number of carbonyl (C=O) groups excluding carboxylic acids is 1. The predicted molar refractivity (Wildman–Crippen MR) is 89.8 cm³/mol. The highest BCUT2D eigenvalue weighted by Gasteiger charge is 2.11. The van der Waals surface area contributed by atoms with Gasteiger partial charge in [0.2, 0.25) is 5.91 Å². The minimum atomic E-state index is -0.627. The lowest BCUT2D eigenvalue weighted by atomic mass is 10.3. The maximum atomic E-state index is 11.0. The Kier molecular flexibility index (Phi) is 6.34. The van der Waals surface area contributed by atoms with E-state index in [-0.39, 0.29) is 12.5 Å². The van der Waals surface area contributed by atoms with E-state index in [1.54, 1.807) is 24.3 Å². The van der Waals surface area contributed by atoms with Crippen LogP contribution >= 0.6 is 0 Å². The number of aromatic nitrogens is 1. The second kappa shape index (κ2) is 8.47. The molecule has 0 saturated heterocycles. The molecule has 1 aromatic heterocycles. The van der Waals surface area contributed by atoms with Crippen LogP contribution in [0.5, 0.6) is 5.75 Å². The summed E-state index contributed by atoms with van der Waals surface area (Å²) in [6, 6.07) is 8.88. The normalized spacial score (nSPS) is 12.2. The van der Waals surface area contributed by atoms with Gasteiger partial charge in [-0.05, 0) is 38.2 Å². The molecule has 7 nitrogen and oxygen atoms in total. The molecular formula is C17H23N3O4. The number of amides is 1. The number of nitrogens with zero attached hydrogens (tertiary/aromatic N) is 2. The minimum absolute atomic E-state index is 0.121. The van der Waals surface area contributed by atoms with Gasteiger partial charge in [-0.25, -0.2) is 0 Å². The molecule has 0 aliphatic rings. The summed E-state index contributed by atoms with van der Waals surface area (Å²) >= 11 is 0. The number of hydrogen-bond acceptors (Lipinski definition) is 6. The number of aliphatic hydroxyl groups is 1. The van der Waals surface area contributed by atoms with Crippen molar-refractivity contribution in [1.82, 2.24) is 10.1 Å². The molecule has 0 radical (unpaired) electrons. The van der Waals surface area contributed by atoms with Gasteiger partial charge >= 0.3 is 0 Å². The van der Waals surface area contributed by atoms with Gasteiger partial charge in [0, 0.05) is 31.8 Å². The molecule has 7 heteroatoms. The third-order valence-corrected chi connectivity index (χ3v) is 3.25. The molecule has 24 heavy (non-hydrogen) atoms. The maximum Gasteiger partial charge on any atom is 0.221 e. The quantitative estimate of drug-likeness (QED) is 0.766. The summed E-state index contributed by atoms with van der Waals surface area (Å²) in [6.45, 7) is 4.53. The van der Waals surface area contributed by atoms with Gasteiger partial charge in [-0.2, -0.15) is 0 Å². The van der Waals surface area contributed by atoms with Crippen molar-refractivity contribution >= 4 is 11.6 Å². The van der Waals surface area contributed by atoms with Crippen LogP contribution in [0.1, 0.15) is 18.4 Å². The molecule has 0 aliphatic carbocycles. The van der Waals surface area contributed by atoms with Gasteiger partial charge in [-0.1, -0.05) is 5.16 Å². The number of aryl methyl sites for hydroxylation is 1. The topological polar surface area (TPSA) is 87.8 Å². The fourth-order valence-electron chi connectivity index (χ4n) is 2.28. The Morgan fingerprint density at radius 1 is 1.42 bits per heavy atom. The lowest BCUT2D eigenvalue weighted by Gasteiger charge is -2.19. The first-order chi connectivity index (χ1) is 11.4. The number of carbonyl (C=O) groups is 1. The van der Waals surface area contributed by atoms with E-state index < -0.39 is 6.10 Å². The highest BCUT2D eigenvalue weighted by molar-refractivity contribution is 5.88. The summed E-state index contributed by atoms with van der Waals surface area (Å²) < 4.78 is 10.6. The number of rotatable bonds is 8. The van der Waals surface area contributed by atoms with E-state index in [1.807, 2.05) is 24.9 Å². The van der Waals surface area contributed by atoms with Crippen molar-refractivity contribution in [3.8, 4) is 5.75 Å². The molecule has 2 aromatic rings. The first-order valence-corrected chi connectivity index (χ1v) is 7.71. The van der Waals surface area contributed by atoms with Crippen LogP contribution in [0.15, 0.2) is 34.9 Å². The fraction of sp³-hybridized carbons (Fsp3) is 0.412. The standard InChI is InChI=1S/C17H23N3O4/c1-12-8-15(19-24-12)9-20(3)10-16(22)11-23-17-6-4-14(5-7-17)18-13(2)21/h4-8,16,22H,9-11H2,1-3H3,(H,18,21). The lowest BCUT2D eigenvalue weighted by molar-refractivity contribution is -0.114. The number of hydrogen-bond donors (Lipinski definition) is 2. The number of likely N-dealkylation sites (N-methyl/N-ethyl adjacent to an activating group) is 1.